The van der Waals surface area contributed by atoms with Crippen molar-refractivity contribution in [1.82, 2.24) is 9.88 Å². The summed E-state index contributed by atoms with van der Waals surface area (Å²) in [7, 11) is -3.32. The zero-order valence-electron chi connectivity index (χ0n) is 22.9. The van der Waals surface area contributed by atoms with E-state index < -0.39 is 15.4 Å². The number of piperidine rings is 1. The van der Waals surface area contributed by atoms with Crippen LogP contribution in [0.25, 0.3) is 11.1 Å². The minimum atomic E-state index is -3.32. The van der Waals surface area contributed by atoms with Crippen molar-refractivity contribution in [2.24, 2.45) is 0 Å². The Labute approximate surface area is 236 Å². The molecule has 2 aromatic carbocycles. The van der Waals surface area contributed by atoms with Gasteiger partial charge >= 0.3 is 6.09 Å². The molecule has 0 saturated carbocycles. The van der Waals surface area contributed by atoms with E-state index >= 15 is 0 Å². The molecule has 5 rings (SSSR count). The second-order valence-corrected chi connectivity index (χ2v) is 13.2. The summed E-state index contributed by atoms with van der Waals surface area (Å²) in [6.07, 6.45) is 9.93. The molecular formula is C32H34N2O5S. The molecule has 0 aliphatic carbocycles. The van der Waals surface area contributed by atoms with Crippen LogP contribution in [0.5, 0.6) is 5.75 Å². The number of hydrogen-bond donors (Lipinski definition) is 0. The Kier molecular flexibility index (Phi) is 7.61. The third-order valence-electron chi connectivity index (χ3n) is 7.63. The summed E-state index contributed by atoms with van der Waals surface area (Å²) in [5.74, 6) is 3.28. The molecule has 0 atom stereocenters. The number of carbonyl (C=O) groups is 1. The van der Waals surface area contributed by atoms with Gasteiger partial charge in [0, 0.05) is 32.1 Å². The number of aryl methyl sites for hydroxylation is 1. The fourth-order valence-corrected chi connectivity index (χ4v) is 6.69. The molecule has 208 valence electrons. The highest BCUT2D eigenvalue weighted by Crippen LogP contribution is 2.41. The Balaban J connectivity index is 1.20. The number of sulfone groups is 1. The number of hydrogen-bond acceptors (Lipinski definition) is 6. The molecule has 8 heteroatoms. The number of fused-ring (bicyclic) bond motifs is 1. The van der Waals surface area contributed by atoms with Crippen molar-refractivity contribution >= 4 is 15.9 Å². The zero-order chi connectivity index (χ0) is 28.4. The predicted octanol–water partition coefficient (Wildman–Crippen LogP) is 5.57. The molecule has 0 unspecified atom stereocenters. The van der Waals surface area contributed by atoms with Crippen molar-refractivity contribution in [3.8, 4) is 29.2 Å². The van der Waals surface area contributed by atoms with Gasteiger partial charge in [0.25, 0.3) is 0 Å². The normalized spacial score (nSPS) is 16.5. The summed E-state index contributed by atoms with van der Waals surface area (Å²) in [5.41, 5.74) is 3.33. The van der Waals surface area contributed by atoms with Gasteiger partial charge in [-0.05, 0) is 73.2 Å². The van der Waals surface area contributed by atoms with Crippen LogP contribution in [0.15, 0.2) is 66.9 Å². The van der Waals surface area contributed by atoms with Crippen LogP contribution in [-0.2, 0) is 32.5 Å². The third-order valence-corrected chi connectivity index (χ3v) is 9.14. The van der Waals surface area contributed by atoms with Gasteiger partial charge in [-0.2, -0.15) is 0 Å². The van der Waals surface area contributed by atoms with Crippen LogP contribution < -0.4 is 4.74 Å². The quantitative estimate of drug-likeness (QED) is 0.368. The molecule has 0 radical (unpaired) electrons. The van der Waals surface area contributed by atoms with Crippen LogP contribution in [0.4, 0.5) is 4.79 Å². The third kappa shape index (κ3) is 6.48. The molecule has 2 aliphatic rings. The molecule has 3 heterocycles. The Morgan fingerprint density at radius 3 is 2.45 bits per heavy atom. The SMILES string of the molecule is C#CC(C)(C)OC(=O)N1CCC2(CCc3cc(-c4ccc(CS(=O)(=O)Cc5ccccn5)cc4)ccc3O2)CC1. The fraction of sp³-hybridized carbons (Fsp3) is 0.375. The number of aromatic nitrogens is 1. The lowest BCUT2D eigenvalue weighted by molar-refractivity contribution is -0.0223. The van der Waals surface area contributed by atoms with Crippen molar-refractivity contribution in [2.45, 2.75) is 62.2 Å². The maximum Gasteiger partial charge on any atom is 0.411 e. The molecule has 0 bridgehead atoms. The molecule has 0 N–H and O–H groups in total. The maximum atomic E-state index is 12.6. The van der Waals surface area contributed by atoms with Gasteiger partial charge in [-0.15, -0.1) is 6.42 Å². The molecule has 1 fully saturated rings. The van der Waals surface area contributed by atoms with E-state index in [2.05, 4.69) is 17.0 Å². The van der Waals surface area contributed by atoms with Gasteiger partial charge < -0.3 is 14.4 Å². The van der Waals surface area contributed by atoms with E-state index in [0.717, 1.165) is 53.7 Å². The van der Waals surface area contributed by atoms with E-state index in [1.54, 1.807) is 43.1 Å². The van der Waals surface area contributed by atoms with Gasteiger partial charge in [0.1, 0.15) is 11.4 Å². The maximum absolute atomic E-state index is 12.6. The number of carbonyl (C=O) groups excluding carboxylic acids is 1. The number of nitrogens with zero attached hydrogens (tertiary/aromatic N) is 2. The molecule has 3 aromatic rings. The summed E-state index contributed by atoms with van der Waals surface area (Å²) < 4.78 is 37.3. The van der Waals surface area contributed by atoms with E-state index in [-0.39, 0.29) is 23.2 Å². The molecule has 1 amide bonds. The number of amides is 1. The van der Waals surface area contributed by atoms with Crippen LogP contribution in [0.3, 0.4) is 0 Å². The molecule has 1 aromatic heterocycles. The van der Waals surface area contributed by atoms with E-state index in [1.807, 2.05) is 36.4 Å². The number of benzene rings is 2. The number of terminal acetylenes is 1. The first-order chi connectivity index (χ1) is 19.1. The molecular weight excluding hydrogens is 524 g/mol. The van der Waals surface area contributed by atoms with E-state index in [0.29, 0.717) is 18.8 Å². The van der Waals surface area contributed by atoms with Gasteiger partial charge in [-0.25, -0.2) is 13.2 Å². The van der Waals surface area contributed by atoms with E-state index in [9.17, 15) is 13.2 Å². The van der Waals surface area contributed by atoms with Crippen molar-refractivity contribution in [3.63, 3.8) is 0 Å². The standard InChI is InChI=1S/C32H34N2O5S/c1-4-31(2,3)39-30(35)34-19-16-32(17-20-34)15-14-27-21-26(12-13-29(27)38-32)25-10-8-24(9-11-25)22-40(36,37)23-28-7-5-6-18-33-28/h1,5-13,18,21H,14-17,19-20,22-23H2,2-3H3. The van der Waals surface area contributed by atoms with Gasteiger partial charge in [0.05, 0.1) is 17.2 Å². The first-order valence-corrected chi connectivity index (χ1v) is 15.3. The number of rotatable bonds is 6. The van der Waals surface area contributed by atoms with Gasteiger partial charge in [0.15, 0.2) is 15.4 Å². The Morgan fingerprint density at radius 1 is 1.05 bits per heavy atom. The number of pyridine rings is 1. The van der Waals surface area contributed by atoms with Gasteiger partial charge in [-0.3, -0.25) is 4.98 Å². The van der Waals surface area contributed by atoms with Crippen molar-refractivity contribution in [1.29, 1.82) is 0 Å². The lowest BCUT2D eigenvalue weighted by Crippen LogP contribution is -2.52. The van der Waals surface area contributed by atoms with E-state index in [1.165, 1.54) is 0 Å². The largest absolute Gasteiger partial charge is 0.487 e. The van der Waals surface area contributed by atoms with E-state index in [4.69, 9.17) is 15.9 Å². The van der Waals surface area contributed by atoms with Crippen LogP contribution in [-0.4, -0.2) is 48.7 Å². The molecule has 1 spiro atoms. The first kappa shape index (κ1) is 27.7. The average molecular weight is 559 g/mol. The minimum absolute atomic E-state index is 0.0270. The van der Waals surface area contributed by atoms with Crippen molar-refractivity contribution in [3.05, 3.63) is 83.7 Å². The summed E-state index contributed by atoms with van der Waals surface area (Å²) >= 11 is 0. The Hall–Kier alpha value is -3.83. The number of ether oxygens (including phenoxy) is 2. The smallest absolute Gasteiger partial charge is 0.411 e. The molecule has 40 heavy (non-hydrogen) atoms. The summed E-state index contributed by atoms with van der Waals surface area (Å²) in [6, 6.07) is 19.2. The lowest BCUT2D eigenvalue weighted by Gasteiger charge is -2.44. The van der Waals surface area contributed by atoms with Crippen LogP contribution in [0.1, 0.15) is 49.9 Å². The highest BCUT2D eigenvalue weighted by atomic mass is 32.2. The van der Waals surface area contributed by atoms with Gasteiger partial charge in [0.2, 0.25) is 0 Å². The Bertz CT molecular complexity index is 1520. The highest BCUT2D eigenvalue weighted by Gasteiger charge is 2.41. The molecule has 1 saturated heterocycles. The lowest BCUT2D eigenvalue weighted by atomic mass is 9.82. The fourth-order valence-electron chi connectivity index (χ4n) is 5.27. The van der Waals surface area contributed by atoms with Gasteiger partial charge in [-0.1, -0.05) is 42.3 Å². The van der Waals surface area contributed by atoms with Crippen molar-refractivity contribution in [2.75, 3.05) is 13.1 Å². The van der Waals surface area contributed by atoms with Crippen molar-refractivity contribution < 1.29 is 22.7 Å². The summed E-state index contributed by atoms with van der Waals surface area (Å²) in [4.78, 5) is 18.4. The molecule has 2 aliphatic heterocycles. The first-order valence-electron chi connectivity index (χ1n) is 13.5. The predicted molar refractivity (Wildman–Crippen MR) is 154 cm³/mol. The van der Waals surface area contributed by atoms with Crippen LogP contribution in [0.2, 0.25) is 0 Å². The zero-order valence-corrected chi connectivity index (χ0v) is 23.7. The Morgan fingerprint density at radius 2 is 1.77 bits per heavy atom. The van der Waals surface area contributed by atoms with Crippen LogP contribution in [0, 0.1) is 12.3 Å². The monoisotopic (exact) mass is 558 g/mol. The summed E-state index contributed by atoms with van der Waals surface area (Å²) in [5, 5.41) is 0. The second kappa shape index (κ2) is 11.0. The topological polar surface area (TPSA) is 85.8 Å². The second-order valence-electron chi connectivity index (χ2n) is 11.2. The average Bonchev–Trinajstić information content (AvgIpc) is 2.93. The highest BCUT2D eigenvalue weighted by molar-refractivity contribution is 7.89. The molecule has 7 nitrogen and oxygen atoms in total. The van der Waals surface area contributed by atoms with Crippen LogP contribution >= 0.6 is 0 Å². The minimum Gasteiger partial charge on any atom is -0.487 e. The summed E-state index contributed by atoms with van der Waals surface area (Å²) in [6.45, 7) is 4.54. The number of likely N-dealkylation sites (tertiary alicyclic amines) is 1.